The second kappa shape index (κ2) is 3.53. The number of hydrogen-bond acceptors (Lipinski definition) is 1. The number of hydrogen-bond donors (Lipinski definition) is 0. The van der Waals surface area contributed by atoms with Crippen molar-refractivity contribution in [3.05, 3.63) is 59.7 Å². The van der Waals surface area contributed by atoms with Crippen LogP contribution in [0.5, 0.6) is 0 Å². The van der Waals surface area contributed by atoms with Crippen molar-refractivity contribution in [2.75, 3.05) is 0 Å². The fourth-order valence-electron chi connectivity index (χ4n) is 4.35. The van der Waals surface area contributed by atoms with Crippen LogP contribution >= 0.6 is 11.8 Å². The van der Waals surface area contributed by atoms with E-state index >= 15 is 0 Å². The van der Waals surface area contributed by atoms with E-state index in [1.807, 2.05) is 0 Å². The van der Waals surface area contributed by atoms with Gasteiger partial charge in [-0.25, -0.2) is 0 Å². The van der Waals surface area contributed by atoms with E-state index in [9.17, 15) is 0 Å². The van der Waals surface area contributed by atoms with Crippen molar-refractivity contribution in [2.45, 2.75) is 23.3 Å². The maximum atomic E-state index is 2.49. The predicted molar refractivity (Wildman–Crippen MR) is 92.6 cm³/mol. The van der Waals surface area contributed by atoms with Crippen LogP contribution in [0.3, 0.4) is 0 Å². The average molecular weight is 286 g/mol. The predicted octanol–water partition coefficient (Wildman–Crippen LogP) is 5.69. The van der Waals surface area contributed by atoms with Gasteiger partial charge < -0.3 is 0 Å². The zero-order valence-corrected chi connectivity index (χ0v) is 12.4. The standard InChI is InChI=1S/C20H14S/c1-2-11-4-5-13-10-16-14(8-9-17-20(16)21-17)15-7-6-12(3-1)18(11)19(13)15/h1-7,10,17,20H,8-9H2. The highest BCUT2D eigenvalue weighted by atomic mass is 32.2. The minimum absolute atomic E-state index is 0.788. The molecule has 2 atom stereocenters. The van der Waals surface area contributed by atoms with Gasteiger partial charge in [-0.05, 0) is 62.4 Å². The Morgan fingerprint density at radius 2 is 1.67 bits per heavy atom. The van der Waals surface area contributed by atoms with Gasteiger partial charge in [-0.2, -0.15) is 0 Å². The molecule has 0 saturated carbocycles. The van der Waals surface area contributed by atoms with Gasteiger partial charge in [-0.3, -0.25) is 0 Å². The van der Waals surface area contributed by atoms with Gasteiger partial charge >= 0.3 is 0 Å². The Kier molecular flexibility index (Phi) is 1.84. The fraction of sp³-hybridized carbons (Fsp3) is 0.200. The fourth-order valence-corrected chi connectivity index (χ4v) is 5.53. The van der Waals surface area contributed by atoms with E-state index < -0.39 is 0 Å². The summed E-state index contributed by atoms with van der Waals surface area (Å²) < 4.78 is 0. The summed E-state index contributed by atoms with van der Waals surface area (Å²) in [5.41, 5.74) is 3.26. The molecule has 2 aliphatic rings. The Balaban J connectivity index is 1.90. The van der Waals surface area contributed by atoms with Crippen molar-refractivity contribution in [3.63, 3.8) is 0 Å². The third-order valence-corrected chi connectivity index (χ3v) is 6.78. The minimum atomic E-state index is 0.788. The number of aryl methyl sites for hydroxylation is 1. The van der Waals surface area contributed by atoms with Crippen molar-refractivity contribution in [2.24, 2.45) is 0 Å². The molecular weight excluding hydrogens is 272 g/mol. The van der Waals surface area contributed by atoms with Crippen molar-refractivity contribution >= 4 is 44.1 Å². The summed E-state index contributed by atoms with van der Waals surface area (Å²) in [6.07, 6.45) is 2.63. The number of fused-ring (bicyclic) bond motifs is 4. The monoisotopic (exact) mass is 286 g/mol. The molecule has 2 unspecified atom stereocenters. The second-order valence-electron chi connectivity index (χ2n) is 6.43. The van der Waals surface area contributed by atoms with Gasteiger partial charge in [0.25, 0.3) is 0 Å². The van der Waals surface area contributed by atoms with E-state index in [1.165, 1.54) is 45.2 Å². The van der Waals surface area contributed by atoms with Crippen LogP contribution in [0.1, 0.15) is 22.8 Å². The van der Waals surface area contributed by atoms with Gasteiger partial charge in [-0.15, -0.1) is 11.8 Å². The summed E-state index contributed by atoms with van der Waals surface area (Å²) in [4.78, 5) is 0. The summed E-state index contributed by atoms with van der Waals surface area (Å²) in [5.74, 6) is 0. The quantitative estimate of drug-likeness (QED) is 0.296. The Morgan fingerprint density at radius 3 is 2.57 bits per heavy atom. The first kappa shape index (κ1) is 10.9. The lowest BCUT2D eigenvalue weighted by molar-refractivity contribution is 0.760. The molecule has 1 aliphatic carbocycles. The molecular formula is C20H14S. The zero-order valence-electron chi connectivity index (χ0n) is 11.6. The van der Waals surface area contributed by atoms with Crippen LogP contribution in [0.4, 0.5) is 0 Å². The molecule has 1 fully saturated rings. The molecule has 1 heterocycles. The summed E-state index contributed by atoms with van der Waals surface area (Å²) in [6.45, 7) is 0. The van der Waals surface area contributed by atoms with E-state index in [0.717, 1.165) is 10.5 Å². The van der Waals surface area contributed by atoms with Gasteiger partial charge in [-0.1, -0.05) is 42.5 Å². The molecule has 0 aromatic heterocycles. The van der Waals surface area contributed by atoms with Crippen LogP contribution in [0.15, 0.2) is 48.5 Å². The van der Waals surface area contributed by atoms with Crippen molar-refractivity contribution in [1.82, 2.24) is 0 Å². The number of rotatable bonds is 0. The lowest BCUT2D eigenvalue weighted by Gasteiger charge is -2.20. The first-order chi connectivity index (χ1) is 10.4. The van der Waals surface area contributed by atoms with E-state index in [0.29, 0.717) is 0 Å². The highest BCUT2D eigenvalue weighted by molar-refractivity contribution is 8.07. The smallest absolute Gasteiger partial charge is 0.0422 e. The lowest BCUT2D eigenvalue weighted by atomic mass is 9.84. The van der Waals surface area contributed by atoms with Gasteiger partial charge in [0.15, 0.2) is 0 Å². The molecule has 100 valence electrons. The molecule has 6 rings (SSSR count). The Bertz CT molecular complexity index is 1010. The Labute approximate surface area is 127 Å². The summed E-state index contributed by atoms with van der Waals surface area (Å²) in [7, 11) is 0. The first-order valence-corrected chi connectivity index (χ1v) is 8.69. The third kappa shape index (κ3) is 1.29. The van der Waals surface area contributed by atoms with Crippen molar-refractivity contribution in [3.8, 4) is 0 Å². The van der Waals surface area contributed by atoms with Gasteiger partial charge in [0.2, 0.25) is 0 Å². The zero-order chi connectivity index (χ0) is 13.6. The van der Waals surface area contributed by atoms with E-state index in [4.69, 9.17) is 0 Å². The molecule has 0 spiro atoms. The van der Waals surface area contributed by atoms with Crippen LogP contribution in [0.2, 0.25) is 0 Å². The molecule has 1 heteroatoms. The summed E-state index contributed by atoms with van der Waals surface area (Å²) >= 11 is 2.16. The molecule has 0 nitrogen and oxygen atoms in total. The van der Waals surface area contributed by atoms with Crippen molar-refractivity contribution in [1.29, 1.82) is 0 Å². The Hall–Kier alpha value is -1.73. The van der Waals surface area contributed by atoms with E-state index in [-0.39, 0.29) is 0 Å². The maximum Gasteiger partial charge on any atom is 0.0422 e. The second-order valence-corrected chi connectivity index (χ2v) is 7.82. The molecule has 0 bridgehead atoms. The number of benzene rings is 4. The van der Waals surface area contributed by atoms with Crippen LogP contribution in [-0.4, -0.2) is 5.25 Å². The highest BCUT2D eigenvalue weighted by Gasteiger charge is 2.43. The summed E-state index contributed by atoms with van der Waals surface area (Å²) in [6, 6.07) is 18.4. The lowest BCUT2D eigenvalue weighted by Crippen LogP contribution is -2.05. The maximum absolute atomic E-state index is 2.49. The molecule has 1 aliphatic heterocycles. The molecule has 4 aromatic carbocycles. The highest BCUT2D eigenvalue weighted by Crippen LogP contribution is 2.61. The summed E-state index contributed by atoms with van der Waals surface area (Å²) in [5, 5.41) is 10.3. The van der Waals surface area contributed by atoms with E-state index in [1.54, 1.807) is 11.1 Å². The van der Waals surface area contributed by atoms with Gasteiger partial charge in [0, 0.05) is 10.5 Å². The van der Waals surface area contributed by atoms with Crippen LogP contribution in [-0.2, 0) is 6.42 Å². The van der Waals surface area contributed by atoms with E-state index in [2.05, 4.69) is 60.3 Å². The molecule has 0 amide bonds. The van der Waals surface area contributed by atoms with Crippen LogP contribution in [0, 0.1) is 0 Å². The normalized spacial score (nSPS) is 23.6. The average Bonchev–Trinajstić information content (AvgIpc) is 3.32. The molecule has 0 radical (unpaired) electrons. The SMILES string of the molecule is c1cc2ccc3cc4c(c5ccc(c1)c2c35)CCC1SC41. The van der Waals surface area contributed by atoms with Crippen LogP contribution < -0.4 is 0 Å². The minimum Gasteiger partial charge on any atom is -0.148 e. The van der Waals surface area contributed by atoms with Crippen LogP contribution in [0.25, 0.3) is 32.3 Å². The first-order valence-electron chi connectivity index (χ1n) is 7.75. The number of thioether (sulfide) groups is 1. The Morgan fingerprint density at radius 1 is 0.857 bits per heavy atom. The molecule has 21 heavy (non-hydrogen) atoms. The largest absolute Gasteiger partial charge is 0.148 e. The van der Waals surface area contributed by atoms with Gasteiger partial charge in [0.05, 0.1) is 0 Å². The topological polar surface area (TPSA) is 0 Å². The third-order valence-electron chi connectivity index (χ3n) is 5.36. The molecule has 0 N–H and O–H groups in total. The molecule has 1 saturated heterocycles. The van der Waals surface area contributed by atoms with Crippen molar-refractivity contribution < 1.29 is 0 Å². The molecule has 4 aromatic rings. The van der Waals surface area contributed by atoms with Gasteiger partial charge in [0.1, 0.15) is 0 Å².